The zero-order valence-corrected chi connectivity index (χ0v) is 31.2. The minimum atomic E-state index is -1.25. The maximum absolute atomic E-state index is 12.3. The van der Waals surface area contributed by atoms with Gasteiger partial charge in [0.15, 0.2) is 5.65 Å². The van der Waals surface area contributed by atoms with E-state index < -0.39 is 21.7 Å². The molecule has 0 spiro atoms. The van der Waals surface area contributed by atoms with Crippen LogP contribution in [0.25, 0.3) is 28.0 Å². The molecule has 2 fully saturated rings. The first-order valence-corrected chi connectivity index (χ1v) is 24.8. The Labute approximate surface area is 282 Å². The van der Waals surface area contributed by atoms with Crippen LogP contribution >= 0.6 is 0 Å². The number of pyridine rings is 1. The summed E-state index contributed by atoms with van der Waals surface area (Å²) in [5.41, 5.74) is 4.30. The molecule has 2 aliphatic carbocycles. The smallest absolute Gasteiger partial charge is 0.165 e. The van der Waals surface area contributed by atoms with Crippen molar-refractivity contribution in [1.29, 1.82) is 0 Å². The number of aliphatic hydroxyl groups is 1. The average molecular weight is 672 g/mol. The van der Waals surface area contributed by atoms with E-state index in [2.05, 4.69) is 74.5 Å². The summed E-state index contributed by atoms with van der Waals surface area (Å²) in [6.45, 7) is 16.4. The largest absolute Gasteiger partial charge is 0.384 e. The van der Waals surface area contributed by atoms with E-state index in [0.717, 1.165) is 58.8 Å². The fourth-order valence-corrected chi connectivity index (χ4v) is 8.53. The summed E-state index contributed by atoms with van der Waals surface area (Å²) in [6, 6.07) is 18.6. The van der Waals surface area contributed by atoms with Crippen LogP contribution in [0.15, 0.2) is 60.9 Å². The van der Waals surface area contributed by atoms with E-state index in [0.29, 0.717) is 44.2 Å². The van der Waals surface area contributed by atoms with Crippen LogP contribution < -0.4 is 4.90 Å². The highest BCUT2D eigenvalue weighted by Gasteiger charge is 2.45. The summed E-state index contributed by atoms with van der Waals surface area (Å²) >= 11 is 0. The molecule has 8 nitrogen and oxygen atoms in total. The SMILES string of the molecule is C[Si](C)(C)CCOCN(COCC[Si](C)(C)C)c1cc([C@@]2(O)C[C@@H]3CC[C@@H](C3)C2)nc2c(-c3ccc(-c4ccccc4)nc3)cnn12. The number of nitrogens with zero attached hydrogens (tertiary/aromatic N) is 5. The number of rotatable bonds is 14. The van der Waals surface area contributed by atoms with E-state index in [1.807, 2.05) is 35.1 Å². The van der Waals surface area contributed by atoms with E-state index in [1.165, 1.54) is 19.3 Å². The average Bonchev–Trinajstić information content (AvgIpc) is 3.62. The number of benzene rings is 1. The van der Waals surface area contributed by atoms with Crippen molar-refractivity contribution in [3.8, 4) is 22.4 Å². The standard InChI is InChI=1S/C37H53N5O3Si2/c1-46(2,3)18-16-44-26-41(27-45-17-19-47(4,5)6)35-21-34(37(43)22-28-12-13-29(20-28)23-37)40-36-32(25-39-42(35)36)31-14-15-33(38-24-31)30-10-8-7-9-11-30/h7-11,14-15,21,24-25,28-29,43H,12-13,16-20,22-23,26-27H2,1-6H3/t28-,29+,37-. The van der Waals surface area contributed by atoms with Gasteiger partial charge in [-0.1, -0.05) is 88.5 Å². The molecule has 1 N–H and O–H groups in total. The van der Waals surface area contributed by atoms with Gasteiger partial charge in [-0.3, -0.25) is 4.98 Å². The molecule has 2 saturated carbocycles. The van der Waals surface area contributed by atoms with Crippen LogP contribution in [0.3, 0.4) is 0 Å². The number of fused-ring (bicyclic) bond motifs is 3. The molecule has 2 aliphatic rings. The molecular formula is C37H53N5O3Si2. The molecule has 0 radical (unpaired) electrons. The third-order valence-corrected chi connectivity index (χ3v) is 13.2. The van der Waals surface area contributed by atoms with Crippen molar-refractivity contribution in [2.45, 2.75) is 89.1 Å². The van der Waals surface area contributed by atoms with Gasteiger partial charge in [0.1, 0.15) is 24.9 Å². The first kappa shape index (κ1) is 34.0. The Morgan fingerprint density at radius 2 is 1.49 bits per heavy atom. The van der Waals surface area contributed by atoms with Crippen molar-refractivity contribution in [1.82, 2.24) is 19.6 Å². The van der Waals surface area contributed by atoms with Gasteiger partial charge in [-0.05, 0) is 49.3 Å². The quantitative estimate of drug-likeness (QED) is 0.0820. The molecular weight excluding hydrogens is 619 g/mol. The highest BCUT2D eigenvalue weighted by atomic mass is 28.3. The van der Waals surface area contributed by atoms with Crippen molar-refractivity contribution in [2.75, 3.05) is 31.6 Å². The lowest BCUT2D eigenvalue weighted by Gasteiger charge is -2.36. The number of hydrogen-bond donors (Lipinski definition) is 1. The molecule has 0 aliphatic heterocycles. The van der Waals surface area contributed by atoms with Gasteiger partial charge in [0.25, 0.3) is 0 Å². The first-order valence-electron chi connectivity index (χ1n) is 17.4. The third-order valence-electron chi connectivity index (χ3n) is 9.79. The molecule has 1 aromatic carbocycles. The van der Waals surface area contributed by atoms with Gasteiger partial charge in [-0.2, -0.15) is 9.61 Å². The van der Waals surface area contributed by atoms with Crippen molar-refractivity contribution < 1.29 is 14.6 Å². The van der Waals surface area contributed by atoms with Gasteiger partial charge in [-0.15, -0.1) is 0 Å². The second-order valence-electron chi connectivity index (χ2n) is 16.3. The molecule has 0 amide bonds. The summed E-state index contributed by atoms with van der Waals surface area (Å²) in [4.78, 5) is 12.1. The van der Waals surface area contributed by atoms with Crippen LogP contribution in [0.4, 0.5) is 5.82 Å². The molecule has 3 atom stereocenters. The van der Waals surface area contributed by atoms with Crippen LogP contribution in [-0.4, -0.2) is 67.5 Å². The summed E-state index contributed by atoms with van der Waals surface area (Å²) in [5.74, 6) is 1.92. The normalized spacial score (nSPS) is 21.4. The lowest BCUT2D eigenvalue weighted by atomic mass is 9.75. The molecule has 0 saturated heterocycles. The van der Waals surface area contributed by atoms with E-state index in [4.69, 9.17) is 24.5 Å². The van der Waals surface area contributed by atoms with Crippen molar-refractivity contribution in [3.05, 3.63) is 66.6 Å². The third kappa shape index (κ3) is 8.40. The zero-order chi connectivity index (χ0) is 33.2. The highest BCUT2D eigenvalue weighted by molar-refractivity contribution is 6.76. The minimum Gasteiger partial charge on any atom is -0.384 e. The molecule has 6 rings (SSSR count). The maximum atomic E-state index is 12.3. The second kappa shape index (κ2) is 13.9. The number of aromatic nitrogens is 4. The lowest BCUT2D eigenvalue weighted by Crippen LogP contribution is -2.36. The van der Waals surface area contributed by atoms with E-state index in [1.54, 1.807) is 0 Å². The van der Waals surface area contributed by atoms with Crippen LogP contribution in [-0.2, 0) is 15.1 Å². The lowest BCUT2D eigenvalue weighted by molar-refractivity contribution is -0.0291. The van der Waals surface area contributed by atoms with Gasteiger partial charge < -0.3 is 19.5 Å². The first-order chi connectivity index (χ1) is 22.4. The molecule has 47 heavy (non-hydrogen) atoms. The molecule has 252 valence electrons. The molecule has 2 bridgehead atoms. The Morgan fingerprint density at radius 3 is 2.06 bits per heavy atom. The molecule has 3 heterocycles. The van der Waals surface area contributed by atoms with Crippen molar-refractivity contribution in [3.63, 3.8) is 0 Å². The summed E-state index contributed by atoms with van der Waals surface area (Å²) in [6.07, 6.45) is 8.89. The van der Waals surface area contributed by atoms with E-state index >= 15 is 0 Å². The number of anilines is 1. The zero-order valence-electron chi connectivity index (χ0n) is 29.2. The summed E-state index contributed by atoms with van der Waals surface area (Å²) in [7, 11) is -2.50. The monoisotopic (exact) mass is 671 g/mol. The highest BCUT2D eigenvalue weighted by Crippen LogP contribution is 2.50. The fraction of sp³-hybridized carbons (Fsp3) is 0.541. The van der Waals surface area contributed by atoms with Crippen LogP contribution in [0, 0.1) is 11.8 Å². The summed E-state index contributed by atoms with van der Waals surface area (Å²) < 4.78 is 14.6. The summed E-state index contributed by atoms with van der Waals surface area (Å²) in [5, 5.41) is 17.2. The van der Waals surface area contributed by atoms with Gasteiger partial charge in [0, 0.05) is 58.3 Å². The van der Waals surface area contributed by atoms with Gasteiger partial charge in [0.2, 0.25) is 0 Å². The predicted octanol–water partition coefficient (Wildman–Crippen LogP) is 8.29. The second-order valence-corrected chi connectivity index (χ2v) is 27.6. The molecule has 3 aromatic heterocycles. The molecule has 4 aromatic rings. The topological polar surface area (TPSA) is 85.0 Å². The van der Waals surface area contributed by atoms with E-state index in [-0.39, 0.29) is 0 Å². The number of ether oxygens (including phenoxy) is 2. The molecule has 0 unspecified atom stereocenters. The Hall–Kier alpha value is -2.90. The predicted molar refractivity (Wildman–Crippen MR) is 196 cm³/mol. The minimum absolute atomic E-state index is 0.377. The number of hydrogen-bond acceptors (Lipinski definition) is 7. The van der Waals surface area contributed by atoms with Gasteiger partial charge in [-0.25, -0.2) is 4.98 Å². The Balaban J connectivity index is 1.38. The Bertz CT molecular complexity index is 1600. The van der Waals surface area contributed by atoms with Crippen LogP contribution in [0.1, 0.15) is 37.8 Å². The van der Waals surface area contributed by atoms with Crippen molar-refractivity contribution >= 4 is 27.6 Å². The fourth-order valence-electron chi connectivity index (χ4n) is 7.02. The van der Waals surface area contributed by atoms with Gasteiger partial charge >= 0.3 is 0 Å². The van der Waals surface area contributed by atoms with Crippen LogP contribution in [0.2, 0.25) is 51.4 Å². The Kier molecular flexibility index (Phi) is 10.1. The Morgan fingerprint density at radius 1 is 0.851 bits per heavy atom. The molecule has 10 heteroatoms. The van der Waals surface area contributed by atoms with E-state index in [9.17, 15) is 5.11 Å². The van der Waals surface area contributed by atoms with Crippen LogP contribution in [0.5, 0.6) is 0 Å². The van der Waals surface area contributed by atoms with Gasteiger partial charge in [0.05, 0.1) is 17.6 Å². The maximum Gasteiger partial charge on any atom is 0.165 e. The van der Waals surface area contributed by atoms with Crippen molar-refractivity contribution in [2.24, 2.45) is 11.8 Å².